The van der Waals surface area contributed by atoms with Gasteiger partial charge < -0.3 is 15.8 Å². The third-order valence-corrected chi connectivity index (χ3v) is 7.01. The van der Waals surface area contributed by atoms with E-state index in [-0.39, 0.29) is 0 Å². The monoisotopic (exact) mass is 432 g/mol. The fourth-order valence-corrected chi connectivity index (χ4v) is 4.68. The standard InChI is InChI=1S/C27H36N4O/c1-19-27(32-2)14-13-26(31-19)21-11-9-20(10-12-21)17-29-25-8-3-5-22(15-25)23(16-28)18-30-24-6-4-7-24/h3,5,8,13-16,18,20-21,24,29H,4,6-7,9-12,17,28H2,1-2H3. The number of nitrogens with zero attached hydrogens (tertiary/aromatic N) is 2. The van der Waals surface area contributed by atoms with Crippen molar-refractivity contribution >= 4 is 17.5 Å². The van der Waals surface area contributed by atoms with Gasteiger partial charge in [0.05, 0.1) is 12.8 Å². The van der Waals surface area contributed by atoms with Gasteiger partial charge in [-0.2, -0.15) is 0 Å². The molecule has 0 radical (unpaired) electrons. The van der Waals surface area contributed by atoms with Crippen LogP contribution < -0.4 is 15.8 Å². The maximum atomic E-state index is 5.89. The summed E-state index contributed by atoms with van der Waals surface area (Å²) in [7, 11) is 1.70. The average Bonchev–Trinajstić information content (AvgIpc) is 2.80. The third kappa shape index (κ3) is 5.50. The quantitative estimate of drug-likeness (QED) is 0.524. The topological polar surface area (TPSA) is 72.5 Å². The van der Waals surface area contributed by atoms with Crippen molar-refractivity contribution in [3.63, 3.8) is 0 Å². The molecule has 2 fully saturated rings. The normalized spacial score (nSPS) is 22.0. The van der Waals surface area contributed by atoms with Crippen LogP contribution in [0.25, 0.3) is 5.57 Å². The molecule has 0 amide bonds. The molecule has 4 rings (SSSR count). The summed E-state index contributed by atoms with van der Waals surface area (Å²) >= 11 is 0. The van der Waals surface area contributed by atoms with Gasteiger partial charge in [-0.3, -0.25) is 9.98 Å². The van der Waals surface area contributed by atoms with E-state index < -0.39 is 0 Å². The van der Waals surface area contributed by atoms with Gasteiger partial charge in [0.2, 0.25) is 0 Å². The van der Waals surface area contributed by atoms with E-state index in [1.54, 1.807) is 13.3 Å². The van der Waals surface area contributed by atoms with Crippen molar-refractivity contribution in [3.05, 3.63) is 59.5 Å². The summed E-state index contributed by atoms with van der Waals surface area (Å²) in [6.07, 6.45) is 12.2. The van der Waals surface area contributed by atoms with E-state index in [9.17, 15) is 0 Å². The Balaban J connectivity index is 1.29. The van der Waals surface area contributed by atoms with Gasteiger partial charge >= 0.3 is 0 Å². The van der Waals surface area contributed by atoms with E-state index in [1.807, 2.05) is 13.1 Å². The number of pyridine rings is 1. The molecule has 2 aromatic rings. The minimum Gasteiger partial charge on any atom is -0.495 e. The largest absolute Gasteiger partial charge is 0.495 e. The van der Waals surface area contributed by atoms with Crippen LogP contribution in [0.2, 0.25) is 0 Å². The Labute approximate surface area is 192 Å². The van der Waals surface area contributed by atoms with Crippen LogP contribution in [-0.4, -0.2) is 30.9 Å². The first-order valence-electron chi connectivity index (χ1n) is 12.0. The molecule has 0 bridgehead atoms. The second kappa shape index (κ2) is 10.7. The summed E-state index contributed by atoms with van der Waals surface area (Å²) < 4.78 is 5.35. The van der Waals surface area contributed by atoms with Gasteiger partial charge in [-0.1, -0.05) is 12.1 Å². The Kier molecular flexibility index (Phi) is 7.46. The van der Waals surface area contributed by atoms with E-state index in [0.717, 1.165) is 34.8 Å². The highest BCUT2D eigenvalue weighted by Gasteiger charge is 2.23. The lowest BCUT2D eigenvalue weighted by atomic mass is 9.80. The molecular formula is C27H36N4O. The molecule has 1 aromatic heterocycles. The molecule has 5 heteroatoms. The Hall–Kier alpha value is -2.82. The number of allylic oxidation sites excluding steroid dienone is 1. The molecular weight excluding hydrogens is 396 g/mol. The van der Waals surface area contributed by atoms with Gasteiger partial charge in [0.25, 0.3) is 0 Å². The maximum absolute atomic E-state index is 5.89. The summed E-state index contributed by atoms with van der Waals surface area (Å²) in [5.74, 6) is 2.13. The first-order chi connectivity index (χ1) is 15.7. The number of anilines is 1. The second-order valence-corrected chi connectivity index (χ2v) is 9.19. The van der Waals surface area contributed by atoms with Crippen molar-refractivity contribution in [2.45, 2.75) is 63.8 Å². The minimum absolute atomic E-state index is 0.485. The fraction of sp³-hybridized carbons (Fsp3) is 0.481. The van der Waals surface area contributed by atoms with E-state index >= 15 is 0 Å². The van der Waals surface area contributed by atoms with E-state index in [4.69, 9.17) is 15.5 Å². The lowest BCUT2D eigenvalue weighted by Gasteiger charge is -2.29. The number of aliphatic imine (C=N–C) groups is 1. The van der Waals surface area contributed by atoms with Crippen molar-refractivity contribution in [1.82, 2.24) is 4.98 Å². The summed E-state index contributed by atoms with van der Waals surface area (Å²) in [4.78, 5) is 9.46. The molecule has 1 heterocycles. The van der Waals surface area contributed by atoms with Crippen LogP contribution in [0.1, 0.15) is 67.8 Å². The Bertz CT molecular complexity index is 956. The number of benzene rings is 1. The van der Waals surface area contributed by atoms with E-state index in [0.29, 0.717) is 17.9 Å². The van der Waals surface area contributed by atoms with Crippen LogP contribution in [-0.2, 0) is 0 Å². The molecule has 2 aliphatic rings. The highest BCUT2D eigenvalue weighted by atomic mass is 16.5. The summed E-state index contributed by atoms with van der Waals surface area (Å²) in [6, 6.07) is 13.2. The van der Waals surface area contributed by atoms with Crippen LogP contribution in [0, 0.1) is 12.8 Å². The molecule has 3 N–H and O–H groups in total. The van der Waals surface area contributed by atoms with Crippen LogP contribution in [0.3, 0.4) is 0 Å². The van der Waals surface area contributed by atoms with Gasteiger partial charge in [0, 0.05) is 47.9 Å². The molecule has 0 spiro atoms. The van der Waals surface area contributed by atoms with Gasteiger partial charge in [-0.25, -0.2) is 0 Å². The first kappa shape index (κ1) is 22.4. The number of aromatic nitrogens is 1. The van der Waals surface area contributed by atoms with E-state index in [1.165, 1.54) is 50.6 Å². The lowest BCUT2D eigenvalue weighted by Crippen LogP contribution is -2.21. The van der Waals surface area contributed by atoms with Gasteiger partial charge in [0.15, 0.2) is 0 Å². The van der Waals surface area contributed by atoms with Crippen molar-refractivity contribution in [2.75, 3.05) is 19.0 Å². The van der Waals surface area contributed by atoms with Gasteiger partial charge in [-0.05, 0) is 87.6 Å². The Morgan fingerprint density at radius 1 is 1.16 bits per heavy atom. The van der Waals surface area contributed by atoms with Gasteiger partial charge in [-0.15, -0.1) is 0 Å². The highest BCUT2D eigenvalue weighted by Crippen LogP contribution is 2.36. The van der Waals surface area contributed by atoms with Crippen LogP contribution >= 0.6 is 0 Å². The third-order valence-electron chi connectivity index (χ3n) is 7.01. The first-order valence-corrected chi connectivity index (χ1v) is 12.0. The highest BCUT2D eigenvalue weighted by molar-refractivity contribution is 6.09. The zero-order valence-electron chi connectivity index (χ0n) is 19.4. The molecule has 0 atom stereocenters. The molecule has 170 valence electrons. The molecule has 5 nitrogen and oxygen atoms in total. The molecule has 2 aliphatic carbocycles. The maximum Gasteiger partial charge on any atom is 0.140 e. The van der Waals surface area contributed by atoms with Crippen LogP contribution in [0.4, 0.5) is 5.69 Å². The number of methoxy groups -OCH3 is 1. The molecule has 0 saturated heterocycles. The second-order valence-electron chi connectivity index (χ2n) is 9.19. The number of nitrogens with two attached hydrogens (primary N) is 1. The van der Waals surface area contributed by atoms with Crippen LogP contribution in [0.5, 0.6) is 5.75 Å². The lowest BCUT2D eigenvalue weighted by molar-refractivity contribution is 0.334. The van der Waals surface area contributed by atoms with Crippen molar-refractivity contribution < 1.29 is 4.74 Å². The van der Waals surface area contributed by atoms with E-state index in [2.05, 4.69) is 46.7 Å². The number of nitrogens with one attached hydrogen (secondary N) is 1. The summed E-state index contributed by atoms with van der Waals surface area (Å²) in [6.45, 7) is 3.03. The fourth-order valence-electron chi connectivity index (χ4n) is 4.68. The number of hydrogen-bond acceptors (Lipinski definition) is 5. The number of aryl methyl sites for hydroxylation is 1. The van der Waals surface area contributed by atoms with Crippen molar-refractivity contribution in [3.8, 4) is 5.75 Å². The smallest absolute Gasteiger partial charge is 0.140 e. The number of hydrogen-bond donors (Lipinski definition) is 2. The summed E-state index contributed by atoms with van der Waals surface area (Å²) in [5, 5.41) is 3.66. The molecule has 0 unspecified atom stereocenters. The molecule has 0 aliphatic heterocycles. The molecule has 32 heavy (non-hydrogen) atoms. The Morgan fingerprint density at radius 2 is 1.97 bits per heavy atom. The number of ether oxygens (including phenoxy) is 1. The molecule has 1 aromatic carbocycles. The Morgan fingerprint density at radius 3 is 2.62 bits per heavy atom. The zero-order chi connectivity index (χ0) is 22.3. The number of rotatable bonds is 8. The van der Waals surface area contributed by atoms with Crippen LogP contribution in [0.15, 0.2) is 47.6 Å². The summed E-state index contributed by atoms with van der Waals surface area (Å²) in [5.41, 5.74) is 11.3. The van der Waals surface area contributed by atoms with Crippen molar-refractivity contribution in [1.29, 1.82) is 0 Å². The zero-order valence-corrected chi connectivity index (χ0v) is 19.4. The predicted octanol–water partition coefficient (Wildman–Crippen LogP) is 5.71. The molecule has 2 saturated carbocycles. The average molecular weight is 433 g/mol. The predicted molar refractivity (Wildman–Crippen MR) is 133 cm³/mol. The van der Waals surface area contributed by atoms with Crippen molar-refractivity contribution in [2.24, 2.45) is 16.6 Å². The SMILES string of the molecule is COc1ccc(C2CCC(CNc3cccc(C(C=NC4CCC4)=CN)c3)CC2)nc1C. The minimum atomic E-state index is 0.485. The van der Waals surface area contributed by atoms with Gasteiger partial charge in [0.1, 0.15) is 5.75 Å².